The Morgan fingerprint density at radius 2 is 1.75 bits per heavy atom. The third-order valence-electron chi connectivity index (χ3n) is 3.95. The van der Waals surface area contributed by atoms with E-state index in [1.807, 2.05) is 30.3 Å². The molecule has 3 aromatic rings. The van der Waals surface area contributed by atoms with E-state index >= 15 is 0 Å². The normalized spacial score (nSPS) is 11.2. The molecule has 0 aliphatic carbocycles. The van der Waals surface area contributed by atoms with Crippen molar-refractivity contribution in [3.63, 3.8) is 0 Å². The lowest BCUT2D eigenvalue weighted by atomic mass is 9.98. The number of aromatic nitrogens is 1. The predicted molar refractivity (Wildman–Crippen MR) is 113 cm³/mol. The van der Waals surface area contributed by atoms with Crippen LogP contribution in [0.2, 0.25) is 0 Å². The summed E-state index contributed by atoms with van der Waals surface area (Å²) in [4.78, 5) is 5.42. The van der Waals surface area contributed by atoms with Crippen molar-refractivity contribution >= 4 is 17.8 Å². The van der Waals surface area contributed by atoms with Crippen molar-refractivity contribution in [2.75, 3.05) is 5.73 Å². The molecule has 0 radical (unpaired) electrons. The van der Waals surface area contributed by atoms with Crippen molar-refractivity contribution in [1.82, 2.24) is 9.71 Å². The molecule has 28 heavy (non-hydrogen) atoms. The number of anilines is 1. The molecule has 0 aliphatic heterocycles. The van der Waals surface area contributed by atoms with Crippen LogP contribution in [0.25, 0.3) is 22.4 Å². The van der Waals surface area contributed by atoms with Crippen LogP contribution in [0.1, 0.15) is 26.3 Å². The van der Waals surface area contributed by atoms with E-state index in [1.165, 1.54) is 6.07 Å². The average molecular weight is 393 g/mol. The van der Waals surface area contributed by atoms with Gasteiger partial charge in [-0.1, -0.05) is 30.3 Å². The Hall–Kier alpha value is -2.88. The van der Waals surface area contributed by atoms with Gasteiger partial charge in [0.1, 0.15) is 23.3 Å². The zero-order valence-corrected chi connectivity index (χ0v) is 16.8. The number of nitrogens with one attached hydrogen (secondary N) is 1. The highest BCUT2D eigenvalue weighted by Gasteiger charge is 2.16. The van der Waals surface area contributed by atoms with Crippen LogP contribution in [0.4, 0.5) is 10.2 Å². The first kappa shape index (κ1) is 19.9. The van der Waals surface area contributed by atoms with E-state index in [4.69, 9.17) is 5.73 Å². The van der Waals surface area contributed by atoms with Crippen LogP contribution in [0, 0.1) is 17.1 Å². The quantitative estimate of drug-likeness (QED) is 0.581. The molecule has 1 aromatic heterocycles. The molecule has 6 heteroatoms. The molecule has 3 rings (SSSR count). The highest BCUT2D eigenvalue weighted by molar-refractivity contribution is 7.97. The molecule has 0 spiro atoms. The number of halogens is 1. The van der Waals surface area contributed by atoms with Gasteiger partial charge in [-0.2, -0.15) is 5.26 Å². The maximum atomic E-state index is 14.3. The molecule has 2 aromatic carbocycles. The van der Waals surface area contributed by atoms with Gasteiger partial charge in [-0.05, 0) is 57.0 Å². The van der Waals surface area contributed by atoms with Gasteiger partial charge in [0, 0.05) is 27.1 Å². The molecule has 0 amide bonds. The second-order valence-electron chi connectivity index (χ2n) is 7.39. The number of nitriles is 1. The Morgan fingerprint density at radius 1 is 1.07 bits per heavy atom. The molecule has 0 atom stereocenters. The van der Waals surface area contributed by atoms with Gasteiger partial charge in [0.15, 0.2) is 0 Å². The second kappa shape index (κ2) is 8.01. The number of rotatable bonds is 4. The number of hydrogen-bond acceptors (Lipinski definition) is 5. The Kier molecular flexibility index (Phi) is 5.68. The monoisotopic (exact) mass is 392 g/mol. The van der Waals surface area contributed by atoms with Crippen LogP contribution in [-0.4, -0.2) is 10.5 Å². The maximum absolute atomic E-state index is 14.3. The first-order valence-corrected chi connectivity index (χ1v) is 9.60. The zero-order valence-electron chi connectivity index (χ0n) is 16.0. The summed E-state index contributed by atoms with van der Waals surface area (Å²) in [7, 11) is 0. The fourth-order valence-electron chi connectivity index (χ4n) is 2.63. The lowest BCUT2D eigenvalue weighted by Gasteiger charge is -2.19. The predicted octanol–water partition coefficient (Wildman–Crippen LogP) is 5.40. The van der Waals surface area contributed by atoms with Gasteiger partial charge in [0.25, 0.3) is 0 Å². The molecule has 3 N–H and O–H groups in total. The second-order valence-corrected chi connectivity index (χ2v) is 8.27. The highest BCUT2D eigenvalue weighted by atomic mass is 32.2. The van der Waals surface area contributed by atoms with Gasteiger partial charge < -0.3 is 5.73 Å². The number of hydrogen-bond donors (Lipinski definition) is 2. The van der Waals surface area contributed by atoms with Crippen LogP contribution >= 0.6 is 11.9 Å². The van der Waals surface area contributed by atoms with E-state index in [-0.39, 0.29) is 16.9 Å². The summed E-state index contributed by atoms with van der Waals surface area (Å²) in [6.45, 7) is 6.30. The summed E-state index contributed by atoms with van der Waals surface area (Å²) in [6, 6.07) is 17.9. The van der Waals surface area contributed by atoms with Crippen molar-refractivity contribution in [1.29, 1.82) is 5.26 Å². The minimum Gasteiger partial charge on any atom is -0.383 e. The van der Waals surface area contributed by atoms with E-state index in [1.54, 1.807) is 36.2 Å². The molecule has 4 nitrogen and oxygen atoms in total. The number of nitrogens with zero attached hydrogens (tertiary/aromatic N) is 2. The van der Waals surface area contributed by atoms with Gasteiger partial charge in [0.05, 0.1) is 5.69 Å². The molecule has 0 unspecified atom stereocenters. The van der Waals surface area contributed by atoms with Crippen LogP contribution < -0.4 is 10.5 Å². The molecule has 0 fully saturated rings. The topological polar surface area (TPSA) is 74.7 Å². The van der Waals surface area contributed by atoms with E-state index in [9.17, 15) is 9.65 Å². The molecule has 142 valence electrons. The smallest absolute Gasteiger partial charge is 0.142 e. The maximum Gasteiger partial charge on any atom is 0.142 e. The first-order chi connectivity index (χ1) is 13.3. The molecule has 0 aliphatic rings. The summed E-state index contributed by atoms with van der Waals surface area (Å²) in [5.41, 5.74) is 8.39. The van der Waals surface area contributed by atoms with Crippen molar-refractivity contribution in [3.8, 4) is 28.5 Å². The van der Waals surface area contributed by atoms with Crippen molar-refractivity contribution in [2.24, 2.45) is 0 Å². The summed E-state index contributed by atoms with van der Waals surface area (Å²) in [6.07, 6.45) is 0. The molecule has 0 saturated heterocycles. The van der Waals surface area contributed by atoms with Gasteiger partial charge in [-0.25, -0.2) is 9.37 Å². The van der Waals surface area contributed by atoms with Gasteiger partial charge in [-0.3, -0.25) is 4.72 Å². The molecular weight excluding hydrogens is 371 g/mol. The van der Waals surface area contributed by atoms with E-state index in [0.717, 1.165) is 10.5 Å². The summed E-state index contributed by atoms with van der Waals surface area (Å²) in [5.74, 6) is -0.318. The van der Waals surface area contributed by atoms with E-state index in [0.29, 0.717) is 16.8 Å². The number of pyridine rings is 1. The summed E-state index contributed by atoms with van der Waals surface area (Å²) >= 11 is 1.55. The number of benzene rings is 2. The van der Waals surface area contributed by atoms with Crippen molar-refractivity contribution < 1.29 is 4.39 Å². The fraction of sp³-hybridized carbons (Fsp3) is 0.182. The first-order valence-electron chi connectivity index (χ1n) is 8.78. The van der Waals surface area contributed by atoms with Crippen LogP contribution in [0.5, 0.6) is 0 Å². The van der Waals surface area contributed by atoms with Gasteiger partial charge >= 0.3 is 0 Å². The largest absolute Gasteiger partial charge is 0.383 e. The average Bonchev–Trinajstić information content (AvgIpc) is 2.66. The van der Waals surface area contributed by atoms with Crippen molar-refractivity contribution in [2.45, 2.75) is 31.2 Å². The minimum atomic E-state index is -0.407. The van der Waals surface area contributed by atoms with Crippen LogP contribution in [0.15, 0.2) is 59.5 Å². The third kappa shape index (κ3) is 4.50. The van der Waals surface area contributed by atoms with Crippen LogP contribution in [0.3, 0.4) is 0 Å². The van der Waals surface area contributed by atoms with Crippen molar-refractivity contribution in [3.05, 3.63) is 66.0 Å². The molecule has 0 saturated carbocycles. The summed E-state index contributed by atoms with van der Waals surface area (Å²) < 4.78 is 17.7. The lowest BCUT2D eigenvalue weighted by molar-refractivity contribution is 0.535. The summed E-state index contributed by atoms with van der Waals surface area (Å²) in [5, 5.41) is 9.47. The molecule has 1 heterocycles. The zero-order chi connectivity index (χ0) is 20.3. The molecular formula is C22H21FN4S. The van der Waals surface area contributed by atoms with Gasteiger partial charge in [-0.15, -0.1) is 0 Å². The van der Waals surface area contributed by atoms with Gasteiger partial charge in [0.2, 0.25) is 0 Å². The van der Waals surface area contributed by atoms with E-state index in [2.05, 4.69) is 30.5 Å². The number of nitrogens with two attached hydrogens (primary N) is 1. The minimum absolute atomic E-state index is 0.00112. The van der Waals surface area contributed by atoms with Crippen LogP contribution in [-0.2, 0) is 0 Å². The fourth-order valence-corrected chi connectivity index (χ4v) is 3.32. The Balaban J connectivity index is 1.99. The Labute approximate surface area is 168 Å². The number of nitrogen functional groups attached to an aromatic ring is 1. The third-order valence-corrected chi connectivity index (χ3v) is 5.17. The Bertz CT molecular complexity index is 1030. The standard InChI is InChI=1S/C22H21FN4S/c1-22(2,3)27-28-15-10-8-14(9-11-15)20-12-17(18(13-24)21(25)26-20)16-6-4-5-7-19(16)23/h4-12,27H,1-3H3,(H2,25,26). The highest BCUT2D eigenvalue weighted by Crippen LogP contribution is 2.33. The molecule has 0 bridgehead atoms. The van der Waals surface area contributed by atoms with E-state index < -0.39 is 5.82 Å². The lowest BCUT2D eigenvalue weighted by Crippen LogP contribution is -2.29. The Morgan fingerprint density at radius 3 is 2.36 bits per heavy atom. The SMILES string of the molecule is CC(C)(C)NSc1ccc(-c2cc(-c3ccccc3F)c(C#N)c(N)n2)cc1.